The van der Waals surface area contributed by atoms with Crippen molar-refractivity contribution < 1.29 is 19.1 Å². The van der Waals surface area contributed by atoms with Crippen LogP contribution in [0.2, 0.25) is 0 Å². The van der Waals surface area contributed by atoms with Crippen LogP contribution in [-0.4, -0.2) is 66.9 Å². The number of likely N-dealkylation sites (tertiary alicyclic amines) is 2. The van der Waals surface area contributed by atoms with E-state index in [-0.39, 0.29) is 35.5 Å². The van der Waals surface area contributed by atoms with Crippen molar-refractivity contribution >= 4 is 29.5 Å². The lowest BCUT2D eigenvalue weighted by atomic mass is 9.77. The molecule has 0 aromatic heterocycles. The molecule has 194 valence electrons. The molecule has 7 heteroatoms. The Balaban J connectivity index is 1.14. The predicted octanol–water partition coefficient (Wildman–Crippen LogP) is 3.99. The molecule has 7 nitrogen and oxygen atoms in total. The van der Waals surface area contributed by atoms with Gasteiger partial charge in [-0.3, -0.25) is 14.4 Å². The molecule has 37 heavy (non-hydrogen) atoms. The maximum Gasteiger partial charge on any atom is 0.246 e. The van der Waals surface area contributed by atoms with Crippen LogP contribution in [0.15, 0.2) is 60.7 Å². The first-order valence-corrected chi connectivity index (χ1v) is 13.3. The van der Waals surface area contributed by atoms with Gasteiger partial charge in [0.2, 0.25) is 17.7 Å². The summed E-state index contributed by atoms with van der Waals surface area (Å²) in [6.07, 6.45) is 6.49. The average molecular weight is 502 g/mol. The number of carbonyl (C=O) groups is 3. The van der Waals surface area contributed by atoms with Gasteiger partial charge in [-0.15, -0.1) is 0 Å². The Morgan fingerprint density at radius 3 is 2.38 bits per heavy atom. The second kappa shape index (κ2) is 10.8. The molecule has 0 aliphatic carbocycles. The van der Waals surface area contributed by atoms with E-state index in [0.29, 0.717) is 26.2 Å². The zero-order valence-corrected chi connectivity index (χ0v) is 21.5. The van der Waals surface area contributed by atoms with E-state index in [2.05, 4.69) is 0 Å². The minimum atomic E-state index is -0.283. The molecule has 1 unspecified atom stereocenters. The van der Waals surface area contributed by atoms with E-state index < -0.39 is 0 Å². The summed E-state index contributed by atoms with van der Waals surface area (Å²) < 4.78 is 5.65. The second-order valence-electron chi connectivity index (χ2n) is 10.4. The zero-order chi connectivity index (χ0) is 25.8. The van der Waals surface area contributed by atoms with Crippen LogP contribution in [0.25, 0.3) is 6.08 Å². The van der Waals surface area contributed by atoms with Gasteiger partial charge in [0.1, 0.15) is 5.75 Å². The predicted molar refractivity (Wildman–Crippen MR) is 143 cm³/mol. The van der Waals surface area contributed by atoms with Crippen molar-refractivity contribution in [3.8, 4) is 5.75 Å². The lowest BCUT2D eigenvalue weighted by Crippen LogP contribution is -2.44. The minimum Gasteiger partial charge on any atom is -0.493 e. The molecule has 3 amide bonds. The van der Waals surface area contributed by atoms with Crippen LogP contribution < -0.4 is 9.64 Å². The van der Waals surface area contributed by atoms with Gasteiger partial charge in [-0.05, 0) is 55.9 Å². The second-order valence-corrected chi connectivity index (χ2v) is 10.4. The van der Waals surface area contributed by atoms with Crippen LogP contribution in [0.3, 0.4) is 0 Å². The highest BCUT2D eigenvalue weighted by molar-refractivity contribution is 6.00. The van der Waals surface area contributed by atoms with E-state index in [4.69, 9.17) is 4.74 Å². The van der Waals surface area contributed by atoms with E-state index in [1.807, 2.05) is 77.4 Å². The first-order chi connectivity index (χ1) is 18.0. The van der Waals surface area contributed by atoms with E-state index in [9.17, 15) is 14.4 Å². The summed E-state index contributed by atoms with van der Waals surface area (Å²) in [5, 5.41) is 0. The molecule has 0 radical (unpaired) electrons. The summed E-state index contributed by atoms with van der Waals surface area (Å²) in [5.41, 5.74) is 1.82. The SMILES string of the molecule is CCOc1ccccc1C=CC(=O)N1CCC2(CC1)CCN(C(=O)C1CC(=O)N(c3ccccc3)C1)C2. The van der Waals surface area contributed by atoms with Gasteiger partial charge in [0.05, 0.1) is 12.5 Å². The molecule has 0 N–H and O–H groups in total. The van der Waals surface area contributed by atoms with E-state index in [0.717, 1.165) is 49.4 Å². The Labute approximate surface area is 218 Å². The number of hydrogen-bond acceptors (Lipinski definition) is 4. The first-order valence-electron chi connectivity index (χ1n) is 13.3. The number of amides is 3. The van der Waals surface area contributed by atoms with Crippen LogP contribution in [0.5, 0.6) is 5.75 Å². The van der Waals surface area contributed by atoms with Gasteiger partial charge in [0.15, 0.2) is 0 Å². The van der Waals surface area contributed by atoms with Crippen LogP contribution in [0, 0.1) is 11.3 Å². The molecule has 2 aromatic carbocycles. The number of piperidine rings is 1. The summed E-state index contributed by atoms with van der Waals surface area (Å²) in [5.74, 6) is 0.616. The molecule has 1 atom stereocenters. The number of ether oxygens (including phenoxy) is 1. The number of hydrogen-bond donors (Lipinski definition) is 0. The summed E-state index contributed by atoms with van der Waals surface area (Å²) >= 11 is 0. The summed E-state index contributed by atoms with van der Waals surface area (Å²) in [6, 6.07) is 17.3. The Bertz CT molecular complexity index is 1170. The van der Waals surface area contributed by atoms with Crippen LogP contribution in [-0.2, 0) is 14.4 Å². The lowest BCUT2D eigenvalue weighted by Gasteiger charge is -2.39. The standard InChI is InChI=1S/C30H35N3O4/c1-2-37-26-11-7-6-8-23(26)12-13-27(34)31-17-14-30(15-18-31)16-19-32(22-30)29(36)24-20-28(35)33(21-24)25-9-4-3-5-10-25/h3-13,24H,2,14-22H2,1H3. The third-order valence-corrected chi connectivity index (χ3v) is 8.05. The van der Waals surface area contributed by atoms with Gasteiger partial charge in [-0.2, -0.15) is 0 Å². The molecule has 3 saturated heterocycles. The molecule has 0 saturated carbocycles. The molecule has 3 heterocycles. The van der Waals surface area contributed by atoms with E-state index in [1.54, 1.807) is 11.0 Å². The Kier molecular flexibility index (Phi) is 7.31. The molecule has 3 aliphatic rings. The van der Waals surface area contributed by atoms with Crippen LogP contribution >= 0.6 is 0 Å². The normalized spacial score (nSPS) is 21.3. The average Bonchev–Trinajstić information content (AvgIpc) is 3.52. The zero-order valence-electron chi connectivity index (χ0n) is 21.5. The highest BCUT2D eigenvalue weighted by atomic mass is 16.5. The Morgan fingerprint density at radius 2 is 1.65 bits per heavy atom. The quantitative estimate of drug-likeness (QED) is 0.562. The molecule has 2 aromatic rings. The molecular weight excluding hydrogens is 466 g/mol. The Hall–Kier alpha value is -3.61. The Morgan fingerprint density at radius 1 is 0.973 bits per heavy atom. The fourth-order valence-corrected chi connectivity index (χ4v) is 5.89. The van der Waals surface area contributed by atoms with Gasteiger partial charge in [0, 0.05) is 56.5 Å². The fourth-order valence-electron chi connectivity index (χ4n) is 5.89. The first kappa shape index (κ1) is 25.1. The third kappa shape index (κ3) is 5.41. The molecule has 1 spiro atoms. The highest BCUT2D eigenvalue weighted by Gasteiger charge is 2.45. The van der Waals surface area contributed by atoms with Crippen LogP contribution in [0.1, 0.15) is 38.2 Å². The van der Waals surface area contributed by atoms with Crippen molar-refractivity contribution in [1.29, 1.82) is 0 Å². The van der Waals surface area contributed by atoms with Gasteiger partial charge >= 0.3 is 0 Å². The molecule has 5 rings (SSSR count). The van der Waals surface area contributed by atoms with Crippen molar-refractivity contribution in [2.75, 3.05) is 44.2 Å². The summed E-state index contributed by atoms with van der Waals surface area (Å²) in [4.78, 5) is 44.4. The minimum absolute atomic E-state index is 0.0116. The molecule has 3 fully saturated rings. The van der Waals surface area contributed by atoms with Crippen molar-refractivity contribution in [3.63, 3.8) is 0 Å². The van der Waals surface area contributed by atoms with Gasteiger partial charge in [-0.25, -0.2) is 0 Å². The van der Waals surface area contributed by atoms with E-state index in [1.165, 1.54) is 0 Å². The number of nitrogens with zero attached hydrogens (tertiary/aromatic N) is 3. The van der Waals surface area contributed by atoms with Crippen molar-refractivity contribution in [1.82, 2.24) is 9.80 Å². The monoisotopic (exact) mass is 501 g/mol. The van der Waals surface area contributed by atoms with Crippen molar-refractivity contribution in [3.05, 3.63) is 66.2 Å². The maximum absolute atomic E-state index is 13.3. The number of carbonyl (C=O) groups excluding carboxylic acids is 3. The lowest BCUT2D eigenvalue weighted by molar-refractivity contribution is -0.135. The number of benzene rings is 2. The number of anilines is 1. The molecule has 0 bridgehead atoms. The van der Waals surface area contributed by atoms with E-state index >= 15 is 0 Å². The topological polar surface area (TPSA) is 70.2 Å². The number of para-hydroxylation sites is 2. The van der Waals surface area contributed by atoms with Gasteiger partial charge in [0.25, 0.3) is 0 Å². The van der Waals surface area contributed by atoms with Gasteiger partial charge in [-0.1, -0.05) is 36.4 Å². The summed E-state index contributed by atoms with van der Waals surface area (Å²) in [7, 11) is 0. The number of rotatable bonds is 6. The van der Waals surface area contributed by atoms with Crippen LogP contribution in [0.4, 0.5) is 5.69 Å². The maximum atomic E-state index is 13.3. The largest absolute Gasteiger partial charge is 0.493 e. The van der Waals surface area contributed by atoms with Crippen molar-refractivity contribution in [2.24, 2.45) is 11.3 Å². The third-order valence-electron chi connectivity index (χ3n) is 8.05. The highest BCUT2D eigenvalue weighted by Crippen LogP contribution is 2.41. The smallest absolute Gasteiger partial charge is 0.246 e. The fraction of sp³-hybridized carbons (Fsp3) is 0.433. The summed E-state index contributed by atoms with van der Waals surface area (Å²) in [6.45, 7) is 5.82. The van der Waals surface area contributed by atoms with Gasteiger partial charge < -0.3 is 19.4 Å². The molecule has 3 aliphatic heterocycles. The van der Waals surface area contributed by atoms with Crippen molar-refractivity contribution in [2.45, 2.75) is 32.6 Å². The molecular formula is C30H35N3O4.